The monoisotopic (exact) mass is 665 g/mol. The first-order valence-corrected chi connectivity index (χ1v) is 16.6. The lowest BCUT2D eigenvalue weighted by atomic mass is 9.88. The number of nitrogens with one attached hydrogen (secondary N) is 1. The van der Waals surface area contributed by atoms with Crippen LogP contribution in [0, 0.1) is 0 Å². The van der Waals surface area contributed by atoms with Gasteiger partial charge in [-0.2, -0.15) is 13.2 Å². The van der Waals surface area contributed by atoms with Crippen LogP contribution in [0.15, 0.2) is 54.3 Å². The first-order chi connectivity index (χ1) is 21.2. The van der Waals surface area contributed by atoms with Crippen LogP contribution in [0.4, 0.5) is 13.2 Å². The van der Waals surface area contributed by atoms with Crippen LogP contribution in [-0.4, -0.2) is 76.6 Å². The number of nitrogens with two attached hydrogens (primary N) is 1. The molecule has 0 unspecified atom stereocenters. The van der Waals surface area contributed by atoms with Crippen LogP contribution in [0.1, 0.15) is 52.0 Å². The molecule has 1 aromatic carbocycles. The molecule has 0 aliphatic carbocycles. The number of carboxylic acids is 1. The number of carbonyl (C=O) groups is 2. The molecule has 1 aliphatic rings. The fraction of sp³-hybridized carbons (Fsp3) is 0.367. The molecule has 242 valence electrons. The number of rotatable bonds is 9. The van der Waals surface area contributed by atoms with Crippen molar-refractivity contribution in [3.8, 4) is 11.1 Å². The number of pyridine rings is 1. The molecule has 0 saturated carbocycles. The SMILES string of the molecule is CCS(=O)(=O)N1CCC(c2c[nH]c3c(C(N)=O)cc(-c4csc(CN(C)Cc5cccnc5)c4)cc23)CC1.O=C(O)C(F)(F)F. The van der Waals surface area contributed by atoms with Crippen molar-refractivity contribution in [3.05, 3.63) is 75.9 Å². The highest BCUT2D eigenvalue weighted by Gasteiger charge is 2.38. The summed E-state index contributed by atoms with van der Waals surface area (Å²) in [5.74, 6) is -2.90. The molecule has 0 spiro atoms. The number of benzene rings is 1. The number of sulfonamides is 1. The standard InChI is InChI=1S/C28H33N5O3S2.C2HF3O2/c1-3-38(35,36)33-9-6-20(7-10-33)26-15-31-27-24(26)12-21(13-25(27)28(29)34)22-11-23(37-18-22)17-32(2)16-19-5-4-8-30-14-19;3-2(4,5)1(6)7/h4-5,8,11-15,18,20,31H,3,6-7,9-10,16-17H2,1-2H3,(H2,29,34);(H,6,7). The Bertz CT molecular complexity index is 1750. The summed E-state index contributed by atoms with van der Waals surface area (Å²) < 4.78 is 57.9. The summed E-state index contributed by atoms with van der Waals surface area (Å²) in [5, 5.41) is 10.2. The number of aliphatic carboxylic acids is 1. The van der Waals surface area contributed by atoms with E-state index in [1.807, 2.05) is 24.5 Å². The van der Waals surface area contributed by atoms with E-state index in [1.165, 1.54) is 10.4 Å². The zero-order valence-electron chi connectivity index (χ0n) is 24.7. The Morgan fingerprint density at radius 3 is 2.44 bits per heavy atom. The molecule has 1 aliphatic heterocycles. The summed E-state index contributed by atoms with van der Waals surface area (Å²) in [6.07, 6.45) is 2.03. The molecule has 4 heterocycles. The Morgan fingerprint density at radius 2 is 1.87 bits per heavy atom. The average molecular weight is 666 g/mol. The number of H-pyrrole nitrogens is 1. The molecule has 4 aromatic rings. The number of thiophene rings is 1. The van der Waals surface area contributed by atoms with Crippen molar-refractivity contribution in [1.29, 1.82) is 0 Å². The summed E-state index contributed by atoms with van der Waals surface area (Å²) in [6, 6.07) is 10.2. The number of carboxylic acid groups (broad SMARTS) is 1. The fourth-order valence-corrected chi connectivity index (χ4v) is 7.42. The molecule has 5 rings (SSSR count). The molecule has 0 radical (unpaired) electrons. The van der Waals surface area contributed by atoms with Gasteiger partial charge in [-0.05, 0) is 84.6 Å². The van der Waals surface area contributed by atoms with Crippen LogP contribution in [0.5, 0.6) is 0 Å². The quantitative estimate of drug-likeness (QED) is 0.223. The van der Waals surface area contributed by atoms with Gasteiger partial charge in [-0.25, -0.2) is 17.5 Å². The van der Waals surface area contributed by atoms with E-state index in [-0.39, 0.29) is 11.7 Å². The van der Waals surface area contributed by atoms with Gasteiger partial charge in [0.1, 0.15) is 0 Å². The lowest BCUT2D eigenvalue weighted by Crippen LogP contribution is -2.38. The molecule has 15 heteroatoms. The van der Waals surface area contributed by atoms with Crippen LogP contribution in [-0.2, 0) is 27.9 Å². The summed E-state index contributed by atoms with van der Waals surface area (Å²) in [6.45, 7) is 4.32. The van der Waals surface area contributed by atoms with E-state index in [0.29, 0.717) is 18.7 Å². The number of aromatic amines is 1. The molecule has 10 nitrogen and oxygen atoms in total. The predicted molar refractivity (Wildman–Crippen MR) is 166 cm³/mol. The summed E-state index contributed by atoms with van der Waals surface area (Å²) in [7, 11) is -1.09. The smallest absolute Gasteiger partial charge is 0.475 e. The molecule has 4 N–H and O–H groups in total. The van der Waals surface area contributed by atoms with E-state index in [0.717, 1.165) is 53.5 Å². The van der Waals surface area contributed by atoms with Crippen molar-refractivity contribution in [3.63, 3.8) is 0 Å². The number of aromatic nitrogens is 2. The van der Waals surface area contributed by atoms with E-state index >= 15 is 0 Å². The maximum atomic E-state index is 12.4. The van der Waals surface area contributed by atoms with Gasteiger partial charge in [0.05, 0.1) is 16.8 Å². The van der Waals surface area contributed by atoms with Crippen molar-refractivity contribution in [2.24, 2.45) is 5.73 Å². The lowest BCUT2D eigenvalue weighted by Gasteiger charge is -2.31. The van der Waals surface area contributed by atoms with Gasteiger partial charge < -0.3 is 15.8 Å². The second-order valence-corrected chi connectivity index (χ2v) is 14.0. The van der Waals surface area contributed by atoms with Gasteiger partial charge in [-0.3, -0.25) is 14.7 Å². The number of alkyl halides is 3. The average Bonchev–Trinajstić information content (AvgIpc) is 3.64. The number of primary amides is 1. The van der Waals surface area contributed by atoms with Crippen molar-refractivity contribution in [1.82, 2.24) is 19.2 Å². The van der Waals surface area contributed by atoms with Crippen LogP contribution in [0.25, 0.3) is 22.0 Å². The van der Waals surface area contributed by atoms with Gasteiger partial charge in [0.15, 0.2) is 0 Å². The molecule has 0 atom stereocenters. The Labute approximate surface area is 262 Å². The number of halogens is 3. The summed E-state index contributed by atoms with van der Waals surface area (Å²) >= 11 is 1.70. The Hall–Kier alpha value is -3.79. The topological polar surface area (TPSA) is 150 Å². The number of amides is 1. The minimum Gasteiger partial charge on any atom is -0.475 e. The van der Waals surface area contributed by atoms with E-state index in [2.05, 4.69) is 45.5 Å². The second-order valence-electron chi connectivity index (χ2n) is 10.8. The molecule has 3 aromatic heterocycles. The summed E-state index contributed by atoms with van der Waals surface area (Å²) in [5.41, 5.74) is 11.3. The zero-order chi connectivity index (χ0) is 32.9. The summed E-state index contributed by atoms with van der Waals surface area (Å²) in [4.78, 5) is 32.3. The zero-order valence-corrected chi connectivity index (χ0v) is 26.3. The number of hydrogen-bond donors (Lipinski definition) is 3. The lowest BCUT2D eigenvalue weighted by molar-refractivity contribution is -0.192. The molecule has 1 amide bonds. The van der Waals surface area contributed by atoms with E-state index in [9.17, 15) is 26.4 Å². The van der Waals surface area contributed by atoms with Gasteiger partial charge >= 0.3 is 12.1 Å². The molecule has 45 heavy (non-hydrogen) atoms. The van der Waals surface area contributed by atoms with Gasteiger partial charge in [-0.1, -0.05) is 6.07 Å². The molecule has 0 bridgehead atoms. The predicted octanol–water partition coefficient (Wildman–Crippen LogP) is 5.18. The highest BCUT2D eigenvalue weighted by atomic mass is 32.2. The Kier molecular flexibility index (Phi) is 10.7. The van der Waals surface area contributed by atoms with Gasteiger partial charge in [0.2, 0.25) is 10.0 Å². The fourth-order valence-electron chi connectivity index (χ4n) is 5.32. The van der Waals surface area contributed by atoms with Crippen LogP contribution < -0.4 is 5.73 Å². The van der Waals surface area contributed by atoms with Crippen LogP contribution in [0.2, 0.25) is 0 Å². The maximum absolute atomic E-state index is 12.4. The van der Waals surface area contributed by atoms with Crippen LogP contribution >= 0.6 is 11.3 Å². The van der Waals surface area contributed by atoms with Gasteiger partial charge in [-0.15, -0.1) is 11.3 Å². The number of hydrogen-bond acceptors (Lipinski definition) is 7. The molecule has 1 fully saturated rings. The van der Waals surface area contributed by atoms with Gasteiger partial charge in [0, 0.05) is 55.0 Å². The van der Waals surface area contributed by atoms with E-state index in [1.54, 1.807) is 28.8 Å². The highest BCUT2D eigenvalue weighted by Crippen LogP contribution is 2.38. The maximum Gasteiger partial charge on any atom is 0.490 e. The van der Waals surface area contributed by atoms with Crippen molar-refractivity contribution in [2.75, 3.05) is 25.9 Å². The molecular formula is C30H34F3N5O5S2. The van der Waals surface area contributed by atoms with Gasteiger partial charge in [0.25, 0.3) is 5.91 Å². The second kappa shape index (κ2) is 14.1. The number of nitrogens with zero attached hydrogens (tertiary/aromatic N) is 3. The minimum atomic E-state index is -5.08. The van der Waals surface area contributed by atoms with Crippen molar-refractivity contribution >= 4 is 44.1 Å². The largest absolute Gasteiger partial charge is 0.490 e. The number of carbonyl (C=O) groups excluding carboxylic acids is 1. The van der Waals surface area contributed by atoms with Crippen LogP contribution in [0.3, 0.4) is 0 Å². The number of fused-ring (bicyclic) bond motifs is 1. The Balaban J connectivity index is 0.000000591. The van der Waals surface area contributed by atoms with Crippen molar-refractivity contribution in [2.45, 2.75) is 44.9 Å². The first kappa shape index (κ1) is 34.1. The van der Waals surface area contributed by atoms with E-state index in [4.69, 9.17) is 15.6 Å². The number of piperidine rings is 1. The first-order valence-electron chi connectivity index (χ1n) is 14.1. The Morgan fingerprint density at radius 1 is 1.18 bits per heavy atom. The normalized spacial score (nSPS) is 14.8. The molecule has 1 saturated heterocycles. The highest BCUT2D eigenvalue weighted by molar-refractivity contribution is 7.89. The third-order valence-corrected chi connectivity index (χ3v) is 10.4. The van der Waals surface area contributed by atoms with E-state index < -0.39 is 28.1 Å². The third-order valence-electron chi connectivity index (χ3n) is 7.57. The molecular weight excluding hydrogens is 631 g/mol. The minimum absolute atomic E-state index is 0.123. The van der Waals surface area contributed by atoms with Crippen molar-refractivity contribution < 1.29 is 36.3 Å². The third kappa shape index (κ3) is 8.48.